The Morgan fingerprint density at radius 2 is 1.91 bits per heavy atom. The summed E-state index contributed by atoms with van der Waals surface area (Å²) in [4.78, 5) is 18.9. The predicted octanol–water partition coefficient (Wildman–Crippen LogP) is 2.74. The van der Waals surface area contributed by atoms with E-state index in [4.69, 9.17) is 4.74 Å². The Balaban J connectivity index is 1.81. The van der Waals surface area contributed by atoms with E-state index < -0.39 is 18.6 Å². The second-order valence-electron chi connectivity index (χ2n) is 4.69. The van der Waals surface area contributed by atoms with Gasteiger partial charge in [-0.2, -0.15) is 13.2 Å². The van der Waals surface area contributed by atoms with Crippen molar-refractivity contribution >= 4 is 11.8 Å². The highest BCUT2D eigenvalue weighted by Gasteiger charge is 2.28. The van der Waals surface area contributed by atoms with Crippen molar-refractivity contribution in [3.05, 3.63) is 54.0 Å². The van der Waals surface area contributed by atoms with E-state index in [0.717, 1.165) is 18.0 Å². The largest absolute Gasteiger partial charge is 0.460 e. The Morgan fingerprint density at radius 3 is 2.61 bits per heavy atom. The van der Waals surface area contributed by atoms with Gasteiger partial charge in [-0.3, -0.25) is 4.79 Å². The molecule has 0 aliphatic rings. The van der Waals surface area contributed by atoms with Crippen LogP contribution in [0.15, 0.2) is 42.7 Å². The second-order valence-corrected chi connectivity index (χ2v) is 4.69. The highest BCUT2D eigenvalue weighted by molar-refractivity contribution is 5.74. The van der Waals surface area contributed by atoms with Crippen molar-refractivity contribution in [3.63, 3.8) is 0 Å². The summed E-state index contributed by atoms with van der Waals surface area (Å²) in [7, 11) is 0. The average Bonchev–Trinajstić information content (AvgIpc) is 2.51. The van der Waals surface area contributed by atoms with E-state index >= 15 is 0 Å². The van der Waals surface area contributed by atoms with Gasteiger partial charge in [0.15, 0.2) is 0 Å². The molecule has 0 aliphatic heterocycles. The van der Waals surface area contributed by atoms with E-state index in [2.05, 4.69) is 15.3 Å². The number of carbonyl (C=O) groups is 1. The molecule has 0 unspecified atom stereocenters. The monoisotopic (exact) mass is 325 g/mol. The predicted molar refractivity (Wildman–Crippen MR) is 76.5 cm³/mol. The maximum absolute atomic E-state index is 12.3. The summed E-state index contributed by atoms with van der Waals surface area (Å²) < 4.78 is 41.9. The van der Waals surface area contributed by atoms with Gasteiger partial charge in [0.1, 0.15) is 25.3 Å². The zero-order valence-corrected chi connectivity index (χ0v) is 12.0. The van der Waals surface area contributed by atoms with Crippen molar-refractivity contribution in [2.45, 2.75) is 19.2 Å². The number of alkyl halides is 3. The van der Waals surface area contributed by atoms with Crippen LogP contribution in [-0.4, -0.2) is 28.7 Å². The molecule has 0 amide bonds. The van der Waals surface area contributed by atoms with Gasteiger partial charge in [0.05, 0.1) is 12.1 Å². The third-order valence-corrected chi connectivity index (χ3v) is 2.76. The van der Waals surface area contributed by atoms with Gasteiger partial charge in [0.25, 0.3) is 0 Å². The maximum Gasteiger partial charge on any atom is 0.394 e. The van der Waals surface area contributed by atoms with Crippen molar-refractivity contribution in [1.82, 2.24) is 9.97 Å². The van der Waals surface area contributed by atoms with Crippen LogP contribution in [0.3, 0.4) is 0 Å². The number of hydrogen-bond donors (Lipinski definition) is 1. The minimum atomic E-state index is -4.35. The van der Waals surface area contributed by atoms with Gasteiger partial charge in [0.2, 0.25) is 0 Å². The van der Waals surface area contributed by atoms with Gasteiger partial charge in [0, 0.05) is 6.07 Å². The molecule has 5 nitrogen and oxygen atoms in total. The maximum atomic E-state index is 12.3. The summed E-state index contributed by atoms with van der Waals surface area (Å²) >= 11 is 0. The standard InChI is InChI=1S/C15H14F3N3O2/c16-15(17,18)7-12-6-13(21-10-20-12)19-8-14(22)23-9-11-4-2-1-3-5-11/h1-6,10H,7-9H2,(H,19,20,21). The minimum Gasteiger partial charge on any atom is -0.460 e. The van der Waals surface area contributed by atoms with Crippen LogP contribution >= 0.6 is 0 Å². The zero-order chi connectivity index (χ0) is 16.7. The first-order valence-electron chi connectivity index (χ1n) is 6.73. The number of ether oxygens (including phenoxy) is 1. The number of nitrogens with zero attached hydrogens (tertiary/aromatic N) is 2. The lowest BCUT2D eigenvalue weighted by atomic mass is 10.2. The second kappa shape index (κ2) is 7.57. The first-order chi connectivity index (χ1) is 10.9. The van der Waals surface area contributed by atoms with Gasteiger partial charge in [-0.05, 0) is 5.56 Å². The first-order valence-corrected chi connectivity index (χ1v) is 6.73. The number of nitrogens with one attached hydrogen (secondary N) is 1. The van der Waals surface area contributed by atoms with Crippen LogP contribution in [0, 0.1) is 0 Å². The quantitative estimate of drug-likeness (QED) is 0.828. The summed E-state index contributed by atoms with van der Waals surface area (Å²) in [6.45, 7) is -0.0697. The van der Waals surface area contributed by atoms with Crippen LogP contribution in [0.5, 0.6) is 0 Å². The Morgan fingerprint density at radius 1 is 1.17 bits per heavy atom. The van der Waals surface area contributed by atoms with Crippen LogP contribution in [0.25, 0.3) is 0 Å². The van der Waals surface area contributed by atoms with E-state index in [0.29, 0.717) is 0 Å². The van der Waals surface area contributed by atoms with E-state index in [1.807, 2.05) is 30.3 Å². The number of carbonyl (C=O) groups excluding carboxylic acids is 1. The molecule has 122 valence electrons. The molecular weight excluding hydrogens is 311 g/mol. The minimum absolute atomic E-state index is 0.129. The number of rotatable bonds is 6. The molecule has 0 spiro atoms. The lowest BCUT2D eigenvalue weighted by Gasteiger charge is -2.09. The number of halogens is 3. The van der Waals surface area contributed by atoms with Crippen molar-refractivity contribution in [2.75, 3.05) is 11.9 Å². The van der Waals surface area contributed by atoms with E-state index in [1.165, 1.54) is 0 Å². The molecule has 0 aliphatic carbocycles. The van der Waals surface area contributed by atoms with Gasteiger partial charge >= 0.3 is 12.1 Å². The van der Waals surface area contributed by atoms with E-state index in [-0.39, 0.29) is 24.7 Å². The van der Waals surface area contributed by atoms with Gasteiger partial charge in [-0.1, -0.05) is 30.3 Å². The summed E-state index contributed by atoms with van der Waals surface area (Å²) in [6, 6.07) is 10.3. The molecule has 0 fully saturated rings. The summed E-state index contributed by atoms with van der Waals surface area (Å²) in [5, 5.41) is 2.61. The Labute approximate surface area is 130 Å². The molecule has 0 saturated heterocycles. The van der Waals surface area contributed by atoms with Crippen LogP contribution in [0.4, 0.5) is 19.0 Å². The van der Waals surface area contributed by atoms with Gasteiger partial charge in [-0.25, -0.2) is 9.97 Å². The van der Waals surface area contributed by atoms with Crippen LogP contribution in [-0.2, 0) is 22.6 Å². The molecule has 2 rings (SSSR count). The fraction of sp³-hybridized carbons (Fsp3) is 0.267. The highest BCUT2D eigenvalue weighted by Crippen LogP contribution is 2.20. The molecule has 2 aromatic rings. The molecule has 0 saturated carbocycles. The fourth-order valence-electron chi connectivity index (χ4n) is 1.75. The zero-order valence-electron chi connectivity index (χ0n) is 12.0. The molecule has 1 aromatic heterocycles. The van der Waals surface area contributed by atoms with Crippen LogP contribution in [0.1, 0.15) is 11.3 Å². The van der Waals surface area contributed by atoms with E-state index in [1.54, 1.807) is 0 Å². The Bertz CT molecular complexity index is 648. The highest BCUT2D eigenvalue weighted by atomic mass is 19.4. The molecular formula is C15H14F3N3O2. The summed E-state index contributed by atoms with van der Waals surface area (Å²) in [6.07, 6.45) is -4.48. The van der Waals surface area contributed by atoms with Crippen LogP contribution < -0.4 is 5.32 Å². The van der Waals surface area contributed by atoms with Crippen molar-refractivity contribution in [1.29, 1.82) is 0 Å². The summed E-state index contributed by atoms with van der Waals surface area (Å²) in [5.41, 5.74) is 0.669. The molecule has 1 aromatic carbocycles. The first kappa shape index (κ1) is 16.7. The molecule has 0 bridgehead atoms. The fourth-order valence-corrected chi connectivity index (χ4v) is 1.75. The lowest BCUT2D eigenvalue weighted by Crippen LogP contribution is -2.18. The third-order valence-electron chi connectivity index (χ3n) is 2.76. The molecule has 1 N–H and O–H groups in total. The summed E-state index contributed by atoms with van der Waals surface area (Å²) in [5.74, 6) is -0.402. The van der Waals surface area contributed by atoms with Gasteiger partial charge in [-0.15, -0.1) is 0 Å². The van der Waals surface area contributed by atoms with Gasteiger partial charge < -0.3 is 10.1 Å². The average molecular weight is 325 g/mol. The smallest absolute Gasteiger partial charge is 0.394 e. The van der Waals surface area contributed by atoms with Crippen molar-refractivity contribution in [3.8, 4) is 0 Å². The van der Waals surface area contributed by atoms with Crippen LogP contribution in [0.2, 0.25) is 0 Å². The van der Waals surface area contributed by atoms with Crippen molar-refractivity contribution in [2.24, 2.45) is 0 Å². The molecule has 23 heavy (non-hydrogen) atoms. The third kappa shape index (κ3) is 6.33. The molecule has 8 heteroatoms. The number of aromatic nitrogens is 2. The topological polar surface area (TPSA) is 64.1 Å². The normalized spacial score (nSPS) is 11.1. The number of anilines is 1. The van der Waals surface area contributed by atoms with E-state index in [9.17, 15) is 18.0 Å². The molecule has 1 heterocycles. The number of hydrogen-bond acceptors (Lipinski definition) is 5. The molecule has 0 radical (unpaired) electrons. The SMILES string of the molecule is O=C(CNc1cc(CC(F)(F)F)ncn1)OCc1ccccc1. The van der Waals surface area contributed by atoms with Crippen molar-refractivity contribution < 1.29 is 22.7 Å². The lowest BCUT2D eigenvalue weighted by molar-refractivity contribution is -0.142. The Hall–Kier alpha value is -2.64. The Kier molecular flexibility index (Phi) is 5.51. The molecule has 0 atom stereocenters. The number of benzene rings is 1. The number of esters is 1.